The van der Waals surface area contributed by atoms with E-state index in [1.54, 1.807) is 21.1 Å². The number of benzene rings is 1. The second kappa shape index (κ2) is 8.01. The summed E-state index contributed by atoms with van der Waals surface area (Å²) in [4.78, 5) is 11.2. The normalized spacial score (nSPS) is 10.1. The molecule has 0 radical (unpaired) electrons. The lowest BCUT2D eigenvalue weighted by molar-refractivity contribution is -0.142. The first-order valence-corrected chi connectivity index (χ1v) is 6.68. The Kier molecular flexibility index (Phi) is 6.66. The van der Waals surface area contributed by atoms with Gasteiger partial charge in [-0.2, -0.15) is 0 Å². The van der Waals surface area contributed by atoms with Crippen molar-refractivity contribution in [2.24, 2.45) is 0 Å². The number of ether oxygens (including phenoxy) is 3. The first-order chi connectivity index (χ1) is 9.12. The van der Waals surface area contributed by atoms with E-state index in [-0.39, 0.29) is 12.5 Å². The highest BCUT2D eigenvalue weighted by atomic mass is 79.9. The molecule has 0 saturated carbocycles. The predicted octanol–water partition coefficient (Wildman–Crippen LogP) is 2.12. The van der Waals surface area contributed by atoms with Crippen molar-refractivity contribution in [1.82, 2.24) is 5.32 Å². The Bertz CT molecular complexity index is 437. The third-order valence-electron chi connectivity index (χ3n) is 2.44. The monoisotopic (exact) mass is 331 g/mol. The molecule has 0 aromatic heterocycles. The number of carbonyl (C=O) groups is 1. The van der Waals surface area contributed by atoms with Crippen LogP contribution in [0.25, 0.3) is 0 Å². The van der Waals surface area contributed by atoms with E-state index in [4.69, 9.17) is 14.2 Å². The van der Waals surface area contributed by atoms with Crippen LogP contribution in [0, 0.1) is 0 Å². The molecule has 1 rings (SSSR count). The van der Waals surface area contributed by atoms with Gasteiger partial charge in [0.2, 0.25) is 0 Å². The molecule has 0 atom stereocenters. The highest BCUT2D eigenvalue weighted by molar-refractivity contribution is 9.10. The smallest absolute Gasteiger partial charge is 0.319 e. The summed E-state index contributed by atoms with van der Waals surface area (Å²) < 4.78 is 16.2. The van der Waals surface area contributed by atoms with E-state index in [0.717, 1.165) is 10.0 Å². The molecule has 0 aliphatic rings. The Balaban J connectivity index is 2.65. The Hall–Kier alpha value is -1.27. The van der Waals surface area contributed by atoms with Crippen LogP contribution in [0.3, 0.4) is 0 Å². The summed E-state index contributed by atoms with van der Waals surface area (Å²) in [6.45, 7) is 2.87. The summed E-state index contributed by atoms with van der Waals surface area (Å²) in [5.41, 5.74) is 0.974. The van der Waals surface area contributed by atoms with Gasteiger partial charge in [-0.3, -0.25) is 4.79 Å². The molecule has 19 heavy (non-hydrogen) atoms. The summed E-state index contributed by atoms with van der Waals surface area (Å²) in [6.07, 6.45) is 0. The van der Waals surface area contributed by atoms with Crippen LogP contribution in [0.2, 0.25) is 0 Å². The lowest BCUT2D eigenvalue weighted by atomic mass is 10.2. The van der Waals surface area contributed by atoms with Crippen LogP contribution in [0.1, 0.15) is 12.5 Å². The zero-order valence-corrected chi connectivity index (χ0v) is 12.9. The molecule has 0 bridgehead atoms. The Labute approximate surface area is 121 Å². The van der Waals surface area contributed by atoms with Crippen LogP contribution in [0.15, 0.2) is 16.6 Å². The first-order valence-electron chi connectivity index (χ1n) is 5.89. The van der Waals surface area contributed by atoms with Gasteiger partial charge in [-0.05, 0) is 24.6 Å². The standard InChI is InChI=1S/C13H18BrNO4/c1-4-19-13(16)8-15-7-9-5-11(17-2)12(18-3)6-10(9)14/h5-6,15H,4,7-8H2,1-3H3. The molecule has 1 N–H and O–H groups in total. The molecular weight excluding hydrogens is 314 g/mol. The van der Waals surface area contributed by atoms with Crippen molar-refractivity contribution < 1.29 is 19.0 Å². The second-order valence-corrected chi connectivity index (χ2v) is 4.56. The Morgan fingerprint density at radius 1 is 1.26 bits per heavy atom. The molecule has 0 saturated heterocycles. The SMILES string of the molecule is CCOC(=O)CNCc1cc(OC)c(OC)cc1Br. The maximum Gasteiger partial charge on any atom is 0.319 e. The fourth-order valence-corrected chi connectivity index (χ4v) is 2.01. The van der Waals surface area contributed by atoms with Gasteiger partial charge >= 0.3 is 5.97 Å². The molecule has 106 valence electrons. The van der Waals surface area contributed by atoms with E-state index in [1.165, 1.54) is 0 Å². The van der Waals surface area contributed by atoms with Crippen molar-refractivity contribution in [1.29, 1.82) is 0 Å². The number of methoxy groups -OCH3 is 2. The number of carbonyl (C=O) groups excluding carboxylic acids is 1. The fraction of sp³-hybridized carbons (Fsp3) is 0.462. The van der Waals surface area contributed by atoms with E-state index in [1.807, 2.05) is 12.1 Å². The van der Waals surface area contributed by atoms with Gasteiger partial charge in [-0.15, -0.1) is 0 Å². The van der Waals surface area contributed by atoms with Gasteiger partial charge in [-0.25, -0.2) is 0 Å². The first kappa shape index (κ1) is 15.8. The number of rotatable bonds is 7. The number of hydrogen-bond donors (Lipinski definition) is 1. The molecule has 0 spiro atoms. The summed E-state index contributed by atoms with van der Waals surface area (Å²) >= 11 is 3.46. The lowest BCUT2D eigenvalue weighted by Gasteiger charge is -2.12. The van der Waals surface area contributed by atoms with Crippen LogP contribution in [-0.4, -0.2) is 33.3 Å². The summed E-state index contributed by atoms with van der Waals surface area (Å²) in [7, 11) is 3.17. The van der Waals surface area contributed by atoms with E-state index in [2.05, 4.69) is 21.2 Å². The van der Waals surface area contributed by atoms with Crippen molar-refractivity contribution in [3.63, 3.8) is 0 Å². The Morgan fingerprint density at radius 3 is 2.47 bits per heavy atom. The zero-order valence-electron chi connectivity index (χ0n) is 11.3. The second-order valence-electron chi connectivity index (χ2n) is 3.71. The van der Waals surface area contributed by atoms with Gasteiger partial charge in [0, 0.05) is 11.0 Å². The van der Waals surface area contributed by atoms with Gasteiger partial charge in [0.05, 0.1) is 27.4 Å². The Morgan fingerprint density at radius 2 is 1.89 bits per heavy atom. The van der Waals surface area contributed by atoms with Crippen LogP contribution >= 0.6 is 15.9 Å². The molecular formula is C13H18BrNO4. The molecule has 0 unspecified atom stereocenters. The van der Waals surface area contributed by atoms with E-state index in [0.29, 0.717) is 24.7 Å². The minimum Gasteiger partial charge on any atom is -0.493 e. The molecule has 6 heteroatoms. The van der Waals surface area contributed by atoms with E-state index >= 15 is 0 Å². The molecule has 0 aliphatic carbocycles. The molecule has 1 aromatic rings. The van der Waals surface area contributed by atoms with Gasteiger partial charge in [0.1, 0.15) is 0 Å². The van der Waals surface area contributed by atoms with Gasteiger partial charge < -0.3 is 19.5 Å². The third kappa shape index (κ3) is 4.72. The van der Waals surface area contributed by atoms with E-state index < -0.39 is 0 Å². The summed E-state index contributed by atoms with van der Waals surface area (Å²) in [6, 6.07) is 3.70. The molecule has 0 amide bonds. The van der Waals surface area contributed by atoms with Crippen LogP contribution in [0.5, 0.6) is 11.5 Å². The highest BCUT2D eigenvalue weighted by Crippen LogP contribution is 2.33. The summed E-state index contributed by atoms with van der Waals surface area (Å²) in [5.74, 6) is 1.04. The van der Waals surface area contributed by atoms with Gasteiger partial charge in [0.25, 0.3) is 0 Å². The van der Waals surface area contributed by atoms with Crippen molar-refractivity contribution in [3.05, 3.63) is 22.2 Å². The van der Waals surface area contributed by atoms with Crippen molar-refractivity contribution >= 4 is 21.9 Å². The maximum absolute atomic E-state index is 11.2. The van der Waals surface area contributed by atoms with Crippen molar-refractivity contribution in [3.8, 4) is 11.5 Å². The van der Waals surface area contributed by atoms with Crippen LogP contribution in [0.4, 0.5) is 0 Å². The molecule has 0 aliphatic heterocycles. The maximum atomic E-state index is 11.2. The number of esters is 1. The molecule has 5 nitrogen and oxygen atoms in total. The quantitative estimate of drug-likeness (QED) is 0.775. The van der Waals surface area contributed by atoms with Gasteiger partial charge in [0.15, 0.2) is 11.5 Å². The largest absolute Gasteiger partial charge is 0.493 e. The average molecular weight is 332 g/mol. The minimum atomic E-state index is -0.265. The van der Waals surface area contributed by atoms with Crippen molar-refractivity contribution in [2.75, 3.05) is 27.4 Å². The lowest BCUT2D eigenvalue weighted by Crippen LogP contribution is -2.24. The fourth-order valence-electron chi connectivity index (χ4n) is 1.54. The van der Waals surface area contributed by atoms with Crippen LogP contribution in [-0.2, 0) is 16.1 Å². The molecule has 0 heterocycles. The minimum absolute atomic E-state index is 0.175. The van der Waals surface area contributed by atoms with Crippen LogP contribution < -0.4 is 14.8 Å². The highest BCUT2D eigenvalue weighted by Gasteiger charge is 2.10. The third-order valence-corrected chi connectivity index (χ3v) is 3.18. The zero-order chi connectivity index (χ0) is 14.3. The number of nitrogens with one attached hydrogen (secondary N) is 1. The number of halogens is 1. The van der Waals surface area contributed by atoms with Gasteiger partial charge in [-0.1, -0.05) is 15.9 Å². The topological polar surface area (TPSA) is 56.8 Å². The summed E-state index contributed by atoms with van der Waals surface area (Å²) in [5, 5.41) is 3.01. The van der Waals surface area contributed by atoms with Crippen molar-refractivity contribution in [2.45, 2.75) is 13.5 Å². The predicted molar refractivity (Wildman–Crippen MR) is 75.6 cm³/mol. The molecule has 0 fully saturated rings. The molecule has 1 aromatic carbocycles. The number of hydrogen-bond acceptors (Lipinski definition) is 5. The van der Waals surface area contributed by atoms with E-state index in [9.17, 15) is 4.79 Å². The average Bonchev–Trinajstić information content (AvgIpc) is 2.40.